The fourth-order valence-corrected chi connectivity index (χ4v) is 1.38. The minimum atomic E-state index is -1.28. The lowest BCUT2D eigenvalue weighted by atomic mass is 10.1. The second kappa shape index (κ2) is 4.08. The molecule has 1 aromatic rings. The van der Waals surface area contributed by atoms with E-state index in [1.54, 1.807) is 0 Å². The lowest BCUT2D eigenvalue weighted by Gasteiger charge is -2.04. The summed E-state index contributed by atoms with van der Waals surface area (Å²) in [5.41, 5.74) is 4.02. The van der Waals surface area contributed by atoms with E-state index in [4.69, 9.17) is 5.73 Å². The summed E-state index contributed by atoms with van der Waals surface area (Å²) in [6.07, 6.45) is 1.64. The van der Waals surface area contributed by atoms with E-state index in [2.05, 4.69) is 4.99 Å². The summed E-state index contributed by atoms with van der Waals surface area (Å²) in [4.78, 5) is 13.4. The van der Waals surface area contributed by atoms with E-state index in [0.717, 1.165) is 25.0 Å². The minimum Gasteiger partial charge on any atom is -0.383 e. The van der Waals surface area contributed by atoms with Crippen LogP contribution in [0.5, 0.6) is 0 Å². The molecule has 2 rings (SSSR count). The third kappa shape index (κ3) is 2.22. The number of nitro benzene ring substituents is 1. The molecular formula is C10H9F2N3O2. The Labute approximate surface area is 95.1 Å². The molecule has 90 valence electrons. The smallest absolute Gasteiger partial charge is 0.305 e. The molecule has 1 aliphatic carbocycles. The molecule has 1 aliphatic rings. The zero-order valence-corrected chi connectivity index (χ0v) is 8.69. The molecule has 0 saturated heterocycles. The number of hydrogen-bond donors (Lipinski definition) is 1. The normalized spacial score (nSPS) is 16.0. The van der Waals surface area contributed by atoms with Gasteiger partial charge in [0.15, 0.2) is 0 Å². The van der Waals surface area contributed by atoms with Crippen LogP contribution in [0.4, 0.5) is 14.5 Å². The van der Waals surface area contributed by atoms with Gasteiger partial charge >= 0.3 is 5.69 Å². The highest BCUT2D eigenvalue weighted by atomic mass is 19.1. The highest BCUT2D eigenvalue weighted by molar-refractivity contribution is 5.98. The van der Waals surface area contributed by atoms with Crippen molar-refractivity contribution in [1.29, 1.82) is 0 Å². The number of halogens is 2. The van der Waals surface area contributed by atoms with Gasteiger partial charge < -0.3 is 5.73 Å². The van der Waals surface area contributed by atoms with Crippen LogP contribution in [0.3, 0.4) is 0 Å². The zero-order chi connectivity index (χ0) is 12.6. The highest BCUT2D eigenvalue weighted by Crippen LogP contribution is 2.26. The Hall–Kier alpha value is -2.05. The van der Waals surface area contributed by atoms with Crippen molar-refractivity contribution in [3.05, 3.63) is 39.4 Å². The first-order valence-corrected chi connectivity index (χ1v) is 4.96. The van der Waals surface area contributed by atoms with Gasteiger partial charge in [0.05, 0.1) is 16.5 Å². The summed E-state index contributed by atoms with van der Waals surface area (Å²) in [5, 5.41) is 10.5. The van der Waals surface area contributed by atoms with E-state index in [0.29, 0.717) is 0 Å². The average molecular weight is 241 g/mol. The van der Waals surface area contributed by atoms with Crippen LogP contribution < -0.4 is 5.73 Å². The molecule has 1 saturated carbocycles. The van der Waals surface area contributed by atoms with E-state index >= 15 is 0 Å². The molecule has 0 radical (unpaired) electrons. The third-order valence-electron chi connectivity index (χ3n) is 2.39. The maximum absolute atomic E-state index is 13.7. The molecule has 0 unspecified atom stereocenters. The second-order valence-corrected chi connectivity index (χ2v) is 3.76. The maximum atomic E-state index is 13.7. The number of aliphatic imine (C=N–C) groups is 1. The monoisotopic (exact) mass is 241 g/mol. The fourth-order valence-electron chi connectivity index (χ4n) is 1.38. The second-order valence-electron chi connectivity index (χ2n) is 3.76. The lowest BCUT2D eigenvalue weighted by Crippen LogP contribution is -2.19. The van der Waals surface area contributed by atoms with Crippen LogP contribution in [0, 0.1) is 21.7 Å². The standard InChI is InChI=1S/C10H9F2N3O2/c11-6-3-4-7(15(16)17)9(12)8(6)10(13)14-5-1-2-5/h3-5H,1-2H2,(H2,13,14). The van der Waals surface area contributed by atoms with Gasteiger partial charge in [-0.25, -0.2) is 4.39 Å². The lowest BCUT2D eigenvalue weighted by molar-refractivity contribution is -0.387. The van der Waals surface area contributed by atoms with Crippen molar-refractivity contribution in [2.75, 3.05) is 0 Å². The summed E-state index contributed by atoms with van der Waals surface area (Å²) >= 11 is 0. The molecule has 0 heterocycles. The predicted octanol–water partition coefficient (Wildman–Crippen LogP) is 1.74. The molecule has 0 aliphatic heterocycles. The van der Waals surface area contributed by atoms with Gasteiger partial charge in [0.1, 0.15) is 11.7 Å². The highest BCUT2D eigenvalue weighted by Gasteiger charge is 2.26. The Bertz CT molecular complexity index is 513. The predicted molar refractivity (Wildman–Crippen MR) is 56.8 cm³/mol. The quantitative estimate of drug-likeness (QED) is 0.378. The van der Waals surface area contributed by atoms with E-state index < -0.39 is 27.8 Å². The van der Waals surface area contributed by atoms with Crippen LogP contribution in [-0.2, 0) is 0 Å². The zero-order valence-electron chi connectivity index (χ0n) is 8.69. The van der Waals surface area contributed by atoms with Gasteiger partial charge in [0, 0.05) is 6.07 Å². The molecule has 5 nitrogen and oxygen atoms in total. The van der Waals surface area contributed by atoms with E-state index in [1.807, 2.05) is 0 Å². The van der Waals surface area contributed by atoms with Crippen molar-refractivity contribution in [3.63, 3.8) is 0 Å². The summed E-state index contributed by atoms with van der Waals surface area (Å²) in [6.45, 7) is 0. The Morgan fingerprint density at radius 3 is 2.65 bits per heavy atom. The number of benzene rings is 1. The van der Waals surface area contributed by atoms with Crippen molar-refractivity contribution in [2.24, 2.45) is 10.7 Å². The topological polar surface area (TPSA) is 81.5 Å². The number of amidine groups is 1. The van der Waals surface area contributed by atoms with Gasteiger partial charge in [0.25, 0.3) is 0 Å². The van der Waals surface area contributed by atoms with E-state index in [9.17, 15) is 18.9 Å². The number of nitrogens with zero attached hydrogens (tertiary/aromatic N) is 2. The molecule has 1 aromatic carbocycles. The van der Waals surface area contributed by atoms with Crippen LogP contribution in [0.25, 0.3) is 0 Å². The molecule has 0 bridgehead atoms. The summed E-state index contributed by atoms with van der Waals surface area (Å²) < 4.78 is 27.1. The van der Waals surface area contributed by atoms with Gasteiger partial charge in [-0.2, -0.15) is 4.39 Å². The van der Waals surface area contributed by atoms with Crippen molar-refractivity contribution in [3.8, 4) is 0 Å². The van der Waals surface area contributed by atoms with Crippen LogP contribution in [0.1, 0.15) is 18.4 Å². The summed E-state index contributed by atoms with van der Waals surface area (Å²) in [6, 6.07) is 1.55. The van der Waals surface area contributed by atoms with Gasteiger partial charge in [-0.15, -0.1) is 0 Å². The fraction of sp³-hybridized carbons (Fsp3) is 0.300. The van der Waals surface area contributed by atoms with Crippen LogP contribution in [-0.4, -0.2) is 16.8 Å². The van der Waals surface area contributed by atoms with Crippen molar-refractivity contribution in [2.45, 2.75) is 18.9 Å². The van der Waals surface area contributed by atoms with Gasteiger partial charge in [-0.1, -0.05) is 0 Å². The third-order valence-corrected chi connectivity index (χ3v) is 2.39. The molecule has 7 heteroatoms. The summed E-state index contributed by atoms with van der Waals surface area (Å²) in [5.74, 6) is -2.56. The van der Waals surface area contributed by atoms with Crippen molar-refractivity contribution in [1.82, 2.24) is 0 Å². The average Bonchev–Trinajstić information content (AvgIpc) is 3.00. The number of hydrogen-bond acceptors (Lipinski definition) is 3. The SMILES string of the molecule is NC(=NC1CC1)c1c(F)ccc([N+](=O)[O-])c1F. The Morgan fingerprint density at radius 1 is 1.47 bits per heavy atom. The molecule has 1 fully saturated rings. The molecule has 0 aromatic heterocycles. The summed E-state index contributed by atoms with van der Waals surface area (Å²) in [7, 11) is 0. The van der Waals surface area contributed by atoms with Gasteiger partial charge in [-0.3, -0.25) is 15.1 Å². The van der Waals surface area contributed by atoms with E-state index in [-0.39, 0.29) is 11.9 Å². The van der Waals surface area contributed by atoms with E-state index in [1.165, 1.54) is 0 Å². The van der Waals surface area contributed by atoms with Crippen molar-refractivity contribution >= 4 is 11.5 Å². The largest absolute Gasteiger partial charge is 0.383 e. The molecule has 2 N–H and O–H groups in total. The van der Waals surface area contributed by atoms with Gasteiger partial charge in [0.2, 0.25) is 5.82 Å². The maximum Gasteiger partial charge on any atom is 0.305 e. The Kier molecular flexibility index (Phi) is 2.74. The minimum absolute atomic E-state index is 0.0203. The first-order valence-electron chi connectivity index (χ1n) is 4.96. The molecule has 0 atom stereocenters. The Balaban J connectivity index is 2.51. The first kappa shape index (κ1) is 11.4. The van der Waals surface area contributed by atoms with Crippen LogP contribution >= 0.6 is 0 Å². The molecule has 0 amide bonds. The van der Waals surface area contributed by atoms with Crippen LogP contribution in [0.15, 0.2) is 17.1 Å². The Morgan fingerprint density at radius 2 is 2.12 bits per heavy atom. The van der Waals surface area contributed by atoms with Gasteiger partial charge in [-0.05, 0) is 18.9 Å². The molecule has 0 spiro atoms. The first-order chi connectivity index (χ1) is 8.00. The van der Waals surface area contributed by atoms with Crippen molar-refractivity contribution < 1.29 is 13.7 Å². The molecular weight excluding hydrogens is 232 g/mol. The van der Waals surface area contributed by atoms with Crippen LogP contribution in [0.2, 0.25) is 0 Å². The molecule has 17 heavy (non-hydrogen) atoms. The number of rotatable bonds is 3. The number of nitrogens with two attached hydrogens (primary N) is 1. The number of nitro groups is 1.